The van der Waals surface area contributed by atoms with Crippen molar-refractivity contribution in [2.24, 2.45) is 0 Å². The zero-order chi connectivity index (χ0) is 14.9. The Morgan fingerprint density at radius 3 is 2.40 bits per heavy atom. The number of nitrogens with one attached hydrogen (secondary N) is 1. The summed E-state index contributed by atoms with van der Waals surface area (Å²) in [5.41, 5.74) is 1.89. The zero-order valence-corrected chi connectivity index (χ0v) is 11.8. The zero-order valence-electron chi connectivity index (χ0n) is 11.8. The first kappa shape index (κ1) is 14.0. The third-order valence-corrected chi connectivity index (χ3v) is 2.82. The number of carbonyl (C=O) groups excluding carboxylic acids is 2. The number of aryl methyl sites for hydroxylation is 1. The Morgan fingerprint density at radius 1 is 1.25 bits per heavy atom. The number of allylic oxidation sites excluding steroid dienone is 1. The molecule has 0 amide bonds. The van der Waals surface area contributed by atoms with Gasteiger partial charge in [-0.25, -0.2) is 9.59 Å². The topological polar surface area (TPSA) is 77.5 Å². The van der Waals surface area contributed by atoms with E-state index in [9.17, 15) is 9.59 Å². The molecule has 0 bridgehead atoms. The lowest BCUT2D eigenvalue weighted by molar-refractivity contribution is -0.222. The molecule has 20 heavy (non-hydrogen) atoms. The van der Waals surface area contributed by atoms with E-state index >= 15 is 0 Å². The average molecular weight is 276 g/mol. The summed E-state index contributed by atoms with van der Waals surface area (Å²) in [7, 11) is 0. The number of nitrogens with zero attached hydrogens (tertiary/aromatic N) is 1. The quantitative estimate of drug-likeness (QED) is 0.505. The molecule has 0 spiro atoms. The predicted octanol–water partition coefficient (Wildman–Crippen LogP) is 1.91. The highest BCUT2D eigenvalue weighted by atomic mass is 16.7. The minimum Gasteiger partial charge on any atom is -0.419 e. The van der Waals surface area contributed by atoms with Gasteiger partial charge in [-0.3, -0.25) is 4.98 Å². The lowest BCUT2D eigenvalue weighted by atomic mass is 10.1. The molecule has 106 valence electrons. The second-order valence-corrected chi connectivity index (χ2v) is 4.99. The molecule has 2 rings (SSSR count). The van der Waals surface area contributed by atoms with Gasteiger partial charge in [0, 0.05) is 25.7 Å². The molecule has 0 saturated carbocycles. The molecular weight excluding hydrogens is 260 g/mol. The largest absolute Gasteiger partial charge is 0.419 e. The third kappa shape index (κ3) is 2.79. The van der Waals surface area contributed by atoms with Gasteiger partial charge in [0.05, 0.1) is 11.9 Å². The Labute approximate surface area is 116 Å². The van der Waals surface area contributed by atoms with Crippen LogP contribution < -0.4 is 5.32 Å². The van der Waals surface area contributed by atoms with Crippen LogP contribution in [0.15, 0.2) is 29.7 Å². The molecule has 6 heteroatoms. The molecule has 1 aromatic rings. The van der Waals surface area contributed by atoms with Crippen LogP contribution in [0.3, 0.4) is 0 Å². The number of carbonyl (C=O) groups is 2. The number of ether oxygens (including phenoxy) is 2. The van der Waals surface area contributed by atoms with E-state index in [-0.39, 0.29) is 5.57 Å². The van der Waals surface area contributed by atoms with Gasteiger partial charge in [-0.1, -0.05) is 0 Å². The van der Waals surface area contributed by atoms with Gasteiger partial charge >= 0.3 is 11.9 Å². The Bertz CT molecular complexity index is 583. The Kier molecular flexibility index (Phi) is 3.48. The van der Waals surface area contributed by atoms with E-state index < -0.39 is 17.7 Å². The molecule has 1 aliphatic heterocycles. The molecule has 1 aromatic heterocycles. The van der Waals surface area contributed by atoms with Crippen LogP contribution in [-0.4, -0.2) is 22.7 Å². The summed E-state index contributed by atoms with van der Waals surface area (Å²) in [6, 6.07) is 1.82. The van der Waals surface area contributed by atoms with Gasteiger partial charge in [-0.2, -0.15) is 0 Å². The minimum absolute atomic E-state index is 0.132. The van der Waals surface area contributed by atoms with Gasteiger partial charge in [-0.15, -0.1) is 0 Å². The van der Waals surface area contributed by atoms with E-state index in [4.69, 9.17) is 9.47 Å². The fourth-order valence-electron chi connectivity index (χ4n) is 1.82. The SMILES string of the molecule is CC(Nc1cnccc1C)=C1C(=O)OC(C)(C)OC1=O. The smallest absolute Gasteiger partial charge is 0.350 e. The van der Waals surface area contributed by atoms with Crippen LogP contribution in [0.4, 0.5) is 5.69 Å². The highest BCUT2D eigenvalue weighted by Crippen LogP contribution is 2.25. The molecule has 2 heterocycles. The van der Waals surface area contributed by atoms with Gasteiger partial charge in [0.25, 0.3) is 5.79 Å². The standard InChI is InChI=1S/C14H16N2O4/c1-8-5-6-15-7-10(8)16-9(2)11-12(17)19-14(3,4)20-13(11)18/h5-7,16H,1-4H3. The van der Waals surface area contributed by atoms with Crippen LogP contribution in [-0.2, 0) is 19.1 Å². The van der Waals surface area contributed by atoms with Gasteiger partial charge in [0.2, 0.25) is 0 Å². The molecule has 1 N–H and O–H groups in total. The molecule has 0 atom stereocenters. The van der Waals surface area contributed by atoms with Crippen molar-refractivity contribution in [1.82, 2.24) is 4.98 Å². The molecule has 6 nitrogen and oxygen atoms in total. The van der Waals surface area contributed by atoms with Crippen LogP contribution in [0.5, 0.6) is 0 Å². The molecule has 1 saturated heterocycles. The Balaban J connectivity index is 2.31. The molecule has 1 aliphatic rings. The predicted molar refractivity (Wildman–Crippen MR) is 71.6 cm³/mol. The second kappa shape index (κ2) is 4.96. The normalized spacial score (nSPS) is 17.3. The number of cyclic esters (lactones) is 2. The maximum absolute atomic E-state index is 11.9. The van der Waals surface area contributed by atoms with Gasteiger partial charge in [0.15, 0.2) is 5.57 Å². The summed E-state index contributed by atoms with van der Waals surface area (Å²) in [6.45, 7) is 6.52. The van der Waals surface area contributed by atoms with Gasteiger partial charge in [-0.05, 0) is 25.5 Å². The van der Waals surface area contributed by atoms with Gasteiger partial charge in [0.1, 0.15) is 0 Å². The number of rotatable bonds is 2. The van der Waals surface area contributed by atoms with Crippen LogP contribution in [0, 0.1) is 6.92 Å². The molecule has 1 fully saturated rings. The van der Waals surface area contributed by atoms with E-state index in [1.807, 2.05) is 13.0 Å². The summed E-state index contributed by atoms with van der Waals surface area (Å²) in [6.07, 6.45) is 3.28. The molecular formula is C14H16N2O4. The van der Waals surface area contributed by atoms with E-state index in [1.165, 1.54) is 13.8 Å². The molecule has 0 radical (unpaired) electrons. The molecule has 0 unspecified atom stereocenters. The van der Waals surface area contributed by atoms with Crippen molar-refractivity contribution >= 4 is 17.6 Å². The fraction of sp³-hybridized carbons (Fsp3) is 0.357. The summed E-state index contributed by atoms with van der Waals surface area (Å²) in [5.74, 6) is -2.63. The van der Waals surface area contributed by atoms with Crippen molar-refractivity contribution in [2.75, 3.05) is 5.32 Å². The van der Waals surface area contributed by atoms with Gasteiger partial charge < -0.3 is 14.8 Å². The summed E-state index contributed by atoms with van der Waals surface area (Å²) < 4.78 is 10.1. The van der Waals surface area contributed by atoms with Crippen molar-refractivity contribution in [3.8, 4) is 0 Å². The monoisotopic (exact) mass is 276 g/mol. The highest BCUT2D eigenvalue weighted by Gasteiger charge is 2.40. The van der Waals surface area contributed by atoms with Crippen LogP contribution >= 0.6 is 0 Å². The van der Waals surface area contributed by atoms with Crippen molar-refractivity contribution in [3.63, 3.8) is 0 Å². The van der Waals surface area contributed by atoms with E-state index in [2.05, 4.69) is 10.3 Å². The van der Waals surface area contributed by atoms with Crippen LogP contribution in [0.25, 0.3) is 0 Å². The highest BCUT2D eigenvalue weighted by molar-refractivity contribution is 6.16. The minimum atomic E-state index is -1.23. The summed E-state index contributed by atoms with van der Waals surface area (Å²) in [4.78, 5) is 27.8. The number of anilines is 1. The van der Waals surface area contributed by atoms with Crippen molar-refractivity contribution in [2.45, 2.75) is 33.5 Å². The fourth-order valence-corrected chi connectivity index (χ4v) is 1.82. The first-order valence-electron chi connectivity index (χ1n) is 6.15. The summed E-state index contributed by atoms with van der Waals surface area (Å²) >= 11 is 0. The number of aromatic nitrogens is 1. The molecule has 0 aromatic carbocycles. The number of hydrogen-bond donors (Lipinski definition) is 1. The lowest BCUT2D eigenvalue weighted by Gasteiger charge is -2.30. The lowest BCUT2D eigenvalue weighted by Crippen LogP contribution is -2.42. The maximum atomic E-state index is 11.9. The molecule has 0 aliphatic carbocycles. The van der Waals surface area contributed by atoms with E-state index in [1.54, 1.807) is 19.3 Å². The second-order valence-electron chi connectivity index (χ2n) is 4.99. The summed E-state index contributed by atoms with van der Waals surface area (Å²) in [5, 5.41) is 2.98. The van der Waals surface area contributed by atoms with Crippen molar-refractivity contribution in [3.05, 3.63) is 35.3 Å². The number of pyridine rings is 1. The maximum Gasteiger partial charge on any atom is 0.350 e. The average Bonchev–Trinajstić information content (AvgIpc) is 2.29. The van der Waals surface area contributed by atoms with E-state index in [0.717, 1.165) is 5.56 Å². The van der Waals surface area contributed by atoms with Crippen LogP contribution in [0.2, 0.25) is 0 Å². The van der Waals surface area contributed by atoms with E-state index in [0.29, 0.717) is 11.4 Å². The number of hydrogen-bond acceptors (Lipinski definition) is 6. The Hall–Kier alpha value is -2.37. The van der Waals surface area contributed by atoms with Crippen molar-refractivity contribution in [1.29, 1.82) is 0 Å². The van der Waals surface area contributed by atoms with Crippen LogP contribution in [0.1, 0.15) is 26.3 Å². The third-order valence-electron chi connectivity index (χ3n) is 2.82. The van der Waals surface area contributed by atoms with Crippen molar-refractivity contribution < 1.29 is 19.1 Å². The number of esters is 2. The first-order chi connectivity index (χ1) is 9.30. The Morgan fingerprint density at radius 2 is 1.85 bits per heavy atom. The first-order valence-corrected chi connectivity index (χ1v) is 6.15.